The Kier molecular flexibility index (Phi) is 16.8. The second kappa shape index (κ2) is 19.9. The molecule has 2 aliphatic carbocycles. The summed E-state index contributed by atoms with van der Waals surface area (Å²) in [4.78, 5) is 31.7. The summed E-state index contributed by atoms with van der Waals surface area (Å²) in [6, 6.07) is 9.06. The number of carbonyl (C=O) groups excluding carboxylic acids is 2. The van der Waals surface area contributed by atoms with Gasteiger partial charge in [-0.15, -0.1) is 0 Å². The van der Waals surface area contributed by atoms with Gasteiger partial charge in [-0.05, 0) is 106 Å². The number of carbonyl (C=O) groups is 2. The van der Waals surface area contributed by atoms with Gasteiger partial charge in [-0.1, -0.05) is 52.5 Å². The molecular weight excluding hydrogens is 562 g/mol. The molecule has 7 heteroatoms. The third-order valence-corrected chi connectivity index (χ3v) is 8.89. The van der Waals surface area contributed by atoms with Crippen molar-refractivity contribution in [2.75, 3.05) is 14.2 Å². The van der Waals surface area contributed by atoms with E-state index in [1.54, 1.807) is 19.2 Å². The number of hydrogen-bond acceptors (Lipinski definition) is 7. The Morgan fingerprint density at radius 2 is 1.42 bits per heavy atom. The van der Waals surface area contributed by atoms with Crippen LogP contribution < -0.4 is 15.2 Å². The summed E-state index contributed by atoms with van der Waals surface area (Å²) in [7, 11) is 3.19. The number of aryl methyl sites for hydroxylation is 3. The lowest BCUT2D eigenvalue weighted by molar-refractivity contribution is 0.101. The molecular formula is C38H57N3O4. The molecule has 2 unspecified atom stereocenters. The molecule has 2 aromatic rings. The Morgan fingerprint density at radius 1 is 0.867 bits per heavy atom. The Bertz CT molecular complexity index is 1280. The van der Waals surface area contributed by atoms with Crippen LogP contribution in [0.1, 0.15) is 129 Å². The van der Waals surface area contributed by atoms with Crippen LogP contribution >= 0.6 is 0 Å². The lowest BCUT2D eigenvalue weighted by Gasteiger charge is -2.25. The molecule has 0 saturated heterocycles. The molecule has 2 aliphatic rings. The van der Waals surface area contributed by atoms with Crippen molar-refractivity contribution in [3.63, 3.8) is 0 Å². The maximum absolute atomic E-state index is 11.4. The quantitative estimate of drug-likeness (QED) is 0.173. The minimum absolute atomic E-state index is 0.0924. The van der Waals surface area contributed by atoms with Gasteiger partial charge in [0.2, 0.25) is 0 Å². The molecule has 4 rings (SSSR count). The van der Waals surface area contributed by atoms with Crippen molar-refractivity contribution in [3.05, 3.63) is 57.6 Å². The normalized spacial score (nSPS) is 21.4. The van der Waals surface area contributed by atoms with Crippen LogP contribution in [0.2, 0.25) is 0 Å². The number of nitrogens with two attached hydrogens (primary N) is 1. The number of ketones is 1. The van der Waals surface area contributed by atoms with E-state index in [9.17, 15) is 9.59 Å². The highest BCUT2D eigenvalue weighted by atomic mass is 16.5. The summed E-state index contributed by atoms with van der Waals surface area (Å²) < 4.78 is 10.6. The van der Waals surface area contributed by atoms with Crippen LogP contribution in [-0.4, -0.2) is 56.8 Å². The summed E-state index contributed by atoms with van der Waals surface area (Å²) >= 11 is 0. The van der Waals surface area contributed by atoms with E-state index >= 15 is 0 Å². The SMILES string of the molecule is CC1CCCCC1N.CC=N[C@H]1CCCC[C@@H]1N=Cc1cc(CC)cc(C)c1OC.CCc1cc(C=O)c(OC)c(C(C)=O)c1. The second-order valence-electron chi connectivity index (χ2n) is 12.2. The molecule has 2 fully saturated rings. The van der Waals surface area contributed by atoms with Crippen LogP contribution in [-0.2, 0) is 12.8 Å². The predicted molar refractivity (Wildman–Crippen MR) is 188 cm³/mol. The van der Waals surface area contributed by atoms with Crippen molar-refractivity contribution in [3.8, 4) is 11.5 Å². The highest BCUT2D eigenvalue weighted by Crippen LogP contribution is 2.28. The van der Waals surface area contributed by atoms with E-state index in [0.29, 0.717) is 41.3 Å². The Hall–Kier alpha value is -3.32. The number of benzene rings is 2. The third kappa shape index (κ3) is 11.5. The smallest absolute Gasteiger partial charge is 0.163 e. The van der Waals surface area contributed by atoms with Gasteiger partial charge in [0.15, 0.2) is 12.1 Å². The van der Waals surface area contributed by atoms with Crippen LogP contribution in [0.5, 0.6) is 11.5 Å². The first-order valence-electron chi connectivity index (χ1n) is 16.7. The van der Waals surface area contributed by atoms with Crippen molar-refractivity contribution in [1.82, 2.24) is 0 Å². The van der Waals surface area contributed by atoms with Gasteiger partial charge >= 0.3 is 0 Å². The molecule has 248 valence electrons. The molecule has 0 radical (unpaired) electrons. The first-order chi connectivity index (χ1) is 21.6. The number of hydrogen-bond donors (Lipinski definition) is 1. The number of aldehydes is 1. The molecule has 2 aromatic carbocycles. The minimum atomic E-state index is -0.0924. The van der Waals surface area contributed by atoms with Gasteiger partial charge in [-0.3, -0.25) is 19.6 Å². The highest BCUT2D eigenvalue weighted by Gasteiger charge is 2.23. The lowest BCUT2D eigenvalue weighted by Crippen LogP contribution is -2.30. The monoisotopic (exact) mass is 619 g/mol. The van der Waals surface area contributed by atoms with Crippen LogP contribution in [0.4, 0.5) is 0 Å². The first kappa shape index (κ1) is 37.9. The molecule has 2 N–H and O–H groups in total. The van der Waals surface area contributed by atoms with Crippen LogP contribution in [0.15, 0.2) is 34.3 Å². The Balaban J connectivity index is 0.000000263. The number of Topliss-reactive ketones (excluding diaryl/α,β-unsaturated/α-hetero) is 1. The van der Waals surface area contributed by atoms with E-state index in [0.717, 1.165) is 48.5 Å². The molecule has 7 nitrogen and oxygen atoms in total. The Morgan fingerprint density at radius 3 is 1.91 bits per heavy atom. The summed E-state index contributed by atoms with van der Waals surface area (Å²) in [5.74, 6) is 2.00. The Labute approximate surface area is 272 Å². The number of ether oxygens (including phenoxy) is 2. The summed E-state index contributed by atoms with van der Waals surface area (Å²) in [5, 5.41) is 0. The maximum Gasteiger partial charge on any atom is 0.163 e. The molecule has 4 atom stereocenters. The zero-order valence-electron chi connectivity index (χ0n) is 29.0. The van der Waals surface area contributed by atoms with Gasteiger partial charge in [0, 0.05) is 17.8 Å². The van der Waals surface area contributed by atoms with Crippen molar-refractivity contribution in [2.24, 2.45) is 21.6 Å². The van der Waals surface area contributed by atoms with E-state index < -0.39 is 0 Å². The average molecular weight is 620 g/mol. The molecule has 0 amide bonds. The molecule has 0 bridgehead atoms. The fraction of sp³-hybridized carbons (Fsp3) is 0.579. The van der Waals surface area contributed by atoms with Crippen LogP contribution in [0.25, 0.3) is 0 Å². The van der Waals surface area contributed by atoms with Crippen molar-refractivity contribution >= 4 is 24.5 Å². The summed E-state index contributed by atoms with van der Waals surface area (Å²) in [5.41, 5.74) is 11.2. The topological polar surface area (TPSA) is 103 Å². The van der Waals surface area contributed by atoms with Gasteiger partial charge in [0.25, 0.3) is 0 Å². The lowest BCUT2D eigenvalue weighted by atomic mass is 9.87. The highest BCUT2D eigenvalue weighted by molar-refractivity contribution is 6.00. The van der Waals surface area contributed by atoms with Gasteiger partial charge in [0.05, 0.1) is 37.4 Å². The number of nitrogens with zero attached hydrogens (tertiary/aromatic N) is 2. The van der Waals surface area contributed by atoms with Crippen LogP contribution in [0, 0.1) is 12.8 Å². The maximum atomic E-state index is 11.4. The van der Waals surface area contributed by atoms with Crippen molar-refractivity contribution in [1.29, 1.82) is 0 Å². The molecule has 45 heavy (non-hydrogen) atoms. The molecule has 2 saturated carbocycles. The van der Waals surface area contributed by atoms with E-state index in [-0.39, 0.29) is 5.78 Å². The molecule has 0 spiro atoms. The van der Waals surface area contributed by atoms with Gasteiger partial charge in [0.1, 0.15) is 11.5 Å². The third-order valence-electron chi connectivity index (χ3n) is 8.89. The van der Waals surface area contributed by atoms with E-state index in [2.05, 4.69) is 37.9 Å². The summed E-state index contributed by atoms with van der Waals surface area (Å²) in [6.45, 7) is 12.0. The number of rotatable bonds is 9. The van der Waals surface area contributed by atoms with Crippen molar-refractivity contribution in [2.45, 2.75) is 124 Å². The molecule has 0 heterocycles. The fourth-order valence-corrected chi connectivity index (χ4v) is 6.10. The predicted octanol–water partition coefficient (Wildman–Crippen LogP) is 8.18. The molecule has 0 aliphatic heterocycles. The summed E-state index contributed by atoms with van der Waals surface area (Å²) in [6.07, 6.45) is 16.6. The van der Waals surface area contributed by atoms with Gasteiger partial charge in [-0.2, -0.15) is 0 Å². The first-order valence-corrected chi connectivity index (χ1v) is 16.7. The second-order valence-corrected chi connectivity index (χ2v) is 12.2. The number of methoxy groups -OCH3 is 2. The largest absolute Gasteiger partial charge is 0.496 e. The molecule has 0 aromatic heterocycles. The van der Waals surface area contributed by atoms with E-state index in [1.807, 2.05) is 26.3 Å². The fourth-order valence-electron chi connectivity index (χ4n) is 6.10. The van der Waals surface area contributed by atoms with E-state index in [1.165, 1.54) is 63.7 Å². The van der Waals surface area contributed by atoms with Gasteiger partial charge < -0.3 is 15.2 Å². The van der Waals surface area contributed by atoms with Crippen molar-refractivity contribution < 1.29 is 19.1 Å². The van der Waals surface area contributed by atoms with Gasteiger partial charge in [-0.25, -0.2) is 0 Å². The van der Waals surface area contributed by atoms with E-state index in [4.69, 9.17) is 20.2 Å². The minimum Gasteiger partial charge on any atom is -0.496 e. The number of aliphatic imine (C=N–C) groups is 2. The zero-order valence-corrected chi connectivity index (χ0v) is 29.0. The zero-order chi connectivity index (χ0) is 33.4. The average Bonchev–Trinajstić information content (AvgIpc) is 3.05. The standard InChI is InChI=1S/C19H28N2O.C12H14O3.C7H15N/c1-5-15-11-14(3)19(22-4)16(12-15)13-21-18-10-8-7-9-17(18)20-6-2;1-4-9-5-10(7-13)12(15-3)11(6-9)8(2)14;1-6-4-2-3-5-7(6)8/h6,11-13,17-18H,5,7-10H2,1-4H3;5-7H,4H2,1-3H3;6-7H,2-5,8H2,1H3/t17-,18-;;/m0../s1. The van der Waals surface area contributed by atoms with Crippen LogP contribution in [0.3, 0.4) is 0 Å².